The first kappa shape index (κ1) is 30.2. The van der Waals surface area contributed by atoms with E-state index in [0.717, 1.165) is 27.2 Å². The number of nitrogens with one attached hydrogen (secondary N) is 4. The van der Waals surface area contributed by atoms with Gasteiger partial charge in [-0.05, 0) is 61.5 Å². The van der Waals surface area contributed by atoms with Gasteiger partial charge in [-0.15, -0.1) is 0 Å². The number of aromatic nitrogens is 1. The molecule has 0 unspecified atom stereocenters. The maximum atomic E-state index is 13.9. The van der Waals surface area contributed by atoms with Crippen LogP contribution in [-0.4, -0.2) is 45.7 Å². The van der Waals surface area contributed by atoms with Gasteiger partial charge in [-0.1, -0.05) is 66.7 Å². The molecule has 0 aliphatic heterocycles. The van der Waals surface area contributed by atoms with Gasteiger partial charge in [0, 0.05) is 41.0 Å². The van der Waals surface area contributed by atoms with Crippen molar-refractivity contribution < 1.29 is 24.2 Å². The number of amides is 3. The Kier molecular flexibility index (Phi) is 8.85. The average Bonchev–Trinajstić information content (AvgIpc) is 3.39. The summed E-state index contributed by atoms with van der Waals surface area (Å²) in [6, 6.07) is 25.4. The van der Waals surface area contributed by atoms with Gasteiger partial charge < -0.3 is 30.8 Å². The number of hydrogen-bond donors (Lipinski definition) is 5. The number of alkyl carbamates (subject to hydrolysis) is 1. The smallest absolute Gasteiger partial charge is 0.408 e. The minimum atomic E-state index is -1.06. The van der Waals surface area contributed by atoms with Crippen molar-refractivity contribution in [3.63, 3.8) is 0 Å². The Labute approximate surface area is 255 Å². The minimum absolute atomic E-state index is 0.0822. The fourth-order valence-electron chi connectivity index (χ4n) is 5.08. The van der Waals surface area contributed by atoms with Gasteiger partial charge in [0.05, 0.1) is 0 Å². The number of ether oxygens (including phenoxy) is 1. The quantitative estimate of drug-likeness (QED) is 0.147. The Morgan fingerprint density at radius 3 is 2.18 bits per heavy atom. The van der Waals surface area contributed by atoms with E-state index >= 15 is 0 Å². The van der Waals surface area contributed by atoms with Crippen molar-refractivity contribution in [1.82, 2.24) is 15.6 Å². The average molecular weight is 593 g/mol. The van der Waals surface area contributed by atoms with Gasteiger partial charge in [-0.3, -0.25) is 9.59 Å². The summed E-state index contributed by atoms with van der Waals surface area (Å²) in [4.78, 5) is 43.8. The highest BCUT2D eigenvalue weighted by atomic mass is 16.6. The molecule has 9 nitrogen and oxygen atoms in total. The summed E-state index contributed by atoms with van der Waals surface area (Å²) in [7, 11) is 0. The number of rotatable bonds is 9. The van der Waals surface area contributed by atoms with Crippen LogP contribution >= 0.6 is 0 Å². The van der Waals surface area contributed by atoms with Crippen LogP contribution in [0.5, 0.6) is 5.75 Å². The zero-order valence-corrected chi connectivity index (χ0v) is 24.9. The highest BCUT2D eigenvalue weighted by molar-refractivity contribution is 6.05. The van der Waals surface area contributed by atoms with E-state index in [0.29, 0.717) is 11.3 Å². The molecule has 0 bridgehead atoms. The van der Waals surface area contributed by atoms with Crippen LogP contribution in [0.25, 0.3) is 21.7 Å². The van der Waals surface area contributed by atoms with E-state index < -0.39 is 35.6 Å². The van der Waals surface area contributed by atoms with Crippen LogP contribution < -0.4 is 16.0 Å². The first-order chi connectivity index (χ1) is 21.1. The molecule has 2 atom stereocenters. The number of hydrogen-bond acceptors (Lipinski definition) is 5. The van der Waals surface area contributed by atoms with Crippen LogP contribution in [0.4, 0.5) is 10.5 Å². The Balaban J connectivity index is 1.44. The summed E-state index contributed by atoms with van der Waals surface area (Å²) in [5.74, 6) is -0.874. The number of aromatic amines is 1. The molecule has 0 radical (unpaired) electrons. The molecular formula is C35H36N4O5. The Bertz CT molecular complexity index is 1780. The maximum absolute atomic E-state index is 13.9. The number of H-pyrrole nitrogens is 1. The van der Waals surface area contributed by atoms with Crippen LogP contribution in [0.15, 0.2) is 97.2 Å². The normalized spacial score (nSPS) is 12.8. The van der Waals surface area contributed by atoms with Crippen molar-refractivity contribution in [2.24, 2.45) is 0 Å². The molecule has 1 aromatic heterocycles. The number of phenolic OH excluding ortho intramolecular Hbond substituents is 1. The Morgan fingerprint density at radius 2 is 1.43 bits per heavy atom. The van der Waals surface area contributed by atoms with Crippen molar-refractivity contribution in [2.75, 3.05) is 5.32 Å². The van der Waals surface area contributed by atoms with Crippen molar-refractivity contribution in [3.8, 4) is 5.75 Å². The topological polar surface area (TPSA) is 133 Å². The lowest BCUT2D eigenvalue weighted by atomic mass is 10.0. The second-order valence-electron chi connectivity index (χ2n) is 11.7. The van der Waals surface area contributed by atoms with Crippen LogP contribution in [0, 0.1) is 0 Å². The second-order valence-corrected chi connectivity index (χ2v) is 11.7. The van der Waals surface area contributed by atoms with E-state index in [2.05, 4.69) is 20.9 Å². The second kappa shape index (κ2) is 12.9. The number of para-hydroxylation sites is 1. The summed E-state index contributed by atoms with van der Waals surface area (Å²) in [6.07, 6.45) is 1.38. The number of phenols is 1. The van der Waals surface area contributed by atoms with Gasteiger partial charge >= 0.3 is 6.09 Å². The molecule has 0 aliphatic carbocycles. The maximum Gasteiger partial charge on any atom is 0.408 e. The number of anilines is 1. The summed E-state index contributed by atoms with van der Waals surface area (Å²) in [6.45, 7) is 5.20. The minimum Gasteiger partial charge on any atom is -0.508 e. The molecule has 0 aliphatic rings. The number of carbonyl (C=O) groups is 3. The standard InChI is InChI=1S/C35H36N4O5/c1-35(2,3)44-34(43)39-30(19-22-15-17-25(40)18-16-22)32(41)38-31(20-24-21-36-28-13-7-6-12-27(24)28)33(42)37-29-14-8-10-23-9-4-5-11-26(23)29/h4-18,21,30-31,36,40H,19-20H2,1-3H3,(H,37,42)(H,38,41)(H,39,43)/t30-,31+/m0/s1. The van der Waals surface area contributed by atoms with Gasteiger partial charge in [0.1, 0.15) is 23.4 Å². The molecule has 0 spiro atoms. The van der Waals surface area contributed by atoms with Crippen LogP contribution in [0.2, 0.25) is 0 Å². The summed E-state index contributed by atoms with van der Waals surface area (Å²) in [5, 5.41) is 21.1. The number of aromatic hydroxyl groups is 1. The summed E-state index contributed by atoms with van der Waals surface area (Å²) in [5.41, 5.74) is 2.32. The Hall–Kier alpha value is -5.31. The lowest BCUT2D eigenvalue weighted by molar-refractivity contribution is -0.127. The molecule has 226 valence electrons. The third kappa shape index (κ3) is 7.55. The lowest BCUT2D eigenvalue weighted by Crippen LogP contribution is -2.54. The summed E-state index contributed by atoms with van der Waals surface area (Å²) >= 11 is 0. The van der Waals surface area contributed by atoms with Gasteiger partial charge in [-0.2, -0.15) is 0 Å². The number of fused-ring (bicyclic) bond motifs is 2. The first-order valence-corrected chi connectivity index (χ1v) is 14.5. The van der Waals surface area contributed by atoms with Crippen molar-refractivity contribution in [1.29, 1.82) is 0 Å². The van der Waals surface area contributed by atoms with Crippen LogP contribution in [0.3, 0.4) is 0 Å². The fraction of sp³-hybridized carbons (Fsp3) is 0.229. The molecule has 1 heterocycles. The van der Waals surface area contributed by atoms with E-state index in [1.54, 1.807) is 32.9 Å². The van der Waals surface area contributed by atoms with E-state index in [1.807, 2.05) is 72.9 Å². The monoisotopic (exact) mass is 592 g/mol. The van der Waals surface area contributed by atoms with Crippen molar-refractivity contribution in [3.05, 3.63) is 108 Å². The molecule has 0 saturated heterocycles. The van der Waals surface area contributed by atoms with Gasteiger partial charge in [0.25, 0.3) is 0 Å². The molecule has 9 heteroatoms. The highest BCUT2D eigenvalue weighted by Gasteiger charge is 2.30. The van der Waals surface area contributed by atoms with Crippen LogP contribution in [-0.2, 0) is 27.2 Å². The molecule has 44 heavy (non-hydrogen) atoms. The van der Waals surface area contributed by atoms with Crippen molar-refractivity contribution in [2.45, 2.75) is 51.3 Å². The van der Waals surface area contributed by atoms with E-state index in [1.165, 1.54) is 12.1 Å². The Morgan fingerprint density at radius 1 is 0.773 bits per heavy atom. The van der Waals surface area contributed by atoms with Crippen LogP contribution in [0.1, 0.15) is 31.9 Å². The third-order valence-corrected chi connectivity index (χ3v) is 7.16. The molecule has 4 aromatic carbocycles. The molecule has 0 saturated carbocycles. The fourth-order valence-corrected chi connectivity index (χ4v) is 5.08. The van der Waals surface area contributed by atoms with E-state index in [9.17, 15) is 19.5 Å². The van der Waals surface area contributed by atoms with Gasteiger partial charge in [-0.25, -0.2) is 4.79 Å². The molecular weight excluding hydrogens is 556 g/mol. The number of carbonyl (C=O) groups excluding carboxylic acids is 3. The third-order valence-electron chi connectivity index (χ3n) is 7.16. The zero-order chi connectivity index (χ0) is 31.3. The van der Waals surface area contributed by atoms with Gasteiger partial charge in [0.2, 0.25) is 11.8 Å². The number of benzene rings is 4. The molecule has 5 aromatic rings. The van der Waals surface area contributed by atoms with Gasteiger partial charge in [0.15, 0.2) is 0 Å². The molecule has 5 rings (SSSR count). The highest BCUT2D eigenvalue weighted by Crippen LogP contribution is 2.24. The van der Waals surface area contributed by atoms with E-state index in [-0.39, 0.29) is 18.6 Å². The summed E-state index contributed by atoms with van der Waals surface area (Å²) < 4.78 is 5.43. The van der Waals surface area contributed by atoms with E-state index in [4.69, 9.17) is 4.74 Å². The predicted molar refractivity (Wildman–Crippen MR) is 171 cm³/mol. The first-order valence-electron chi connectivity index (χ1n) is 14.5. The molecule has 5 N–H and O–H groups in total. The van der Waals surface area contributed by atoms with Crippen molar-refractivity contribution >= 4 is 45.3 Å². The SMILES string of the molecule is CC(C)(C)OC(=O)N[C@@H](Cc1ccc(O)cc1)C(=O)N[C@H](Cc1c[nH]c2ccccc12)C(=O)Nc1cccc2ccccc12. The molecule has 3 amide bonds. The largest absolute Gasteiger partial charge is 0.508 e. The lowest BCUT2D eigenvalue weighted by Gasteiger charge is -2.25. The predicted octanol–water partition coefficient (Wildman–Crippen LogP) is 5.83. The zero-order valence-electron chi connectivity index (χ0n) is 24.9. The molecule has 0 fully saturated rings.